The fourth-order valence-electron chi connectivity index (χ4n) is 2.80. The Morgan fingerprint density at radius 1 is 1.10 bits per heavy atom. The molecule has 2 aromatic carbocycles. The number of urea groups is 1. The zero-order valence-electron chi connectivity index (χ0n) is 16.5. The molecule has 1 atom stereocenters. The van der Waals surface area contributed by atoms with Crippen molar-refractivity contribution in [3.63, 3.8) is 0 Å². The third-order valence-corrected chi connectivity index (χ3v) is 4.34. The van der Waals surface area contributed by atoms with E-state index in [2.05, 4.69) is 5.32 Å². The van der Waals surface area contributed by atoms with E-state index in [0.29, 0.717) is 12.2 Å². The predicted molar refractivity (Wildman–Crippen MR) is 112 cm³/mol. The molecule has 0 fully saturated rings. The third kappa shape index (κ3) is 6.84. The van der Waals surface area contributed by atoms with Crippen LogP contribution in [0, 0.1) is 5.92 Å². The van der Waals surface area contributed by atoms with E-state index in [9.17, 15) is 14.4 Å². The molecular weight excluding hydrogens is 372 g/mol. The van der Waals surface area contributed by atoms with Gasteiger partial charge in [-0.2, -0.15) is 0 Å². The summed E-state index contributed by atoms with van der Waals surface area (Å²) < 4.78 is 0. The van der Waals surface area contributed by atoms with E-state index in [0.717, 1.165) is 11.3 Å². The van der Waals surface area contributed by atoms with Gasteiger partial charge in [0.05, 0.1) is 12.5 Å². The van der Waals surface area contributed by atoms with Crippen LogP contribution in [0.5, 0.6) is 0 Å². The van der Waals surface area contributed by atoms with Crippen LogP contribution in [0.4, 0.5) is 16.2 Å². The van der Waals surface area contributed by atoms with Crippen molar-refractivity contribution in [1.29, 1.82) is 0 Å². The van der Waals surface area contributed by atoms with Crippen molar-refractivity contribution in [2.45, 2.75) is 13.5 Å². The SMILES string of the molecule is CC(CN(C)C(=O)Nc1cccc(N(CC(N)=O)Cc2ccccc2)c1)C(=O)O. The van der Waals surface area contributed by atoms with Gasteiger partial charge >= 0.3 is 12.0 Å². The van der Waals surface area contributed by atoms with Gasteiger partial charge in [-0.25, -0.2) is 4.79 Å². The minimum Gasteiger partial charge on any atom is -0.481 e. The number of nitrogens with two attached hydrogens (primary N) is 1. The van der Waals surface area contributed by atoms with Crippen molar-refractivity contribution in [3.8, 4) is 0 Å². The first-order valence-electron chi connectivity index (χ1n) is 9.18. The third-order valence-electron chi connectivity index (χ3n) is 4.34. The van der Waals surface area contributed by atoms with Crippen LogP contribution in [0.1, 0.15) is 12.5 Å². The normalized spacial score (nSPS) is 11.4. The van der Waals surface area contributed by atoms with Crippen LogP contribution in [-0.4, -0.2) is 48.1 Å². The molecule has 0 aliphatic heterocycles. The topological polar surface area (TPSA) is 116 Å². The van der Waals surface area contributed by atoms with Crippen LogP contribution in [0.15, 0.2) is 54.6 Å². The molecule has 8 heteroatoms. The fraction of sp³-hybridized carbons (Fsp3) is 0.286. The maximum Gasteiger partial charge on any atom is 0.321 e. The highest BCUT2D eigenvalue weighted by atomic mass is 16.4. The maximum atomic E-state index is 12.4. The molecule has 0 saturated carbocycles. The average molecular weight is 398 g/mol. The Kier molecular flexibility index (Phi) is 7.59. The average Bonchev–Trinajstić information content (AvgIpc) is 2.68. The Morgan fingerprint density at radius 2 is 1.79 bits per heavy atom. The maximum absolute atomic E-state index is 12.4. The molecule has 1 unspecified atom stereocenters. The lowest BCUT2D eigenvalue weighted by molar-refractivity contribution is -0.141. The molecule has 0 heterocycles. The van der Waals surface area contributed by atoms with E-state index >= 15 is 0 Å². The van der Waals surface area contributed by atoms with Crippen molar-refractivity contribution in [2.24, 2.45) is 11.7 Å². The number of carbonyl (C=O) groups excluding carboxylic acids is 2. The number of carbonyl (C=O) groups is 3. The van der Waals surface area contributed by atoms with E-state index in [1.165, 1.54) is 18.9 Å². The predicted octanol–water partition coefficient (Wildman–Crippen LogP) is 2.36. The number of anilines is 2. The standard InChI is InChI=1S/C21H26N4O4/c1-15(20(27)28)12-24(2)21(29)23-17-9-6-10-18(11-17)25(14-19(22)26)13-16-7-4-3-5-8-16/h3-11,15H,12-14H2,1-2H3,(H2,22,26)(H,23,29)(H,27,28). The molecule has 2 rings (SSSR count). The first kappa shape index (κ1) is 21.7. The van der Waals surface area contributed by atoms with E-state index in [-0.39, 0.29) is 13.1 Å². The Morgan fingerprint density at radius 3 is 2.41 bits per heavy atom. The minimum absolute atomic E-state index is 0.0301. The van der Waals surface area contributed by atoms with Crippen molar-refractivity contribution in [2.75, 3.05) is 30.4 Å². The van der Waals surface area contributed by atoms with Gasteiger partial charge in [-0.3, -0.25) is 9.59 Å². The van der Waals surface area contributed by atoms with Gasteiger partial charge in [-0.05, 0) is 23.8 Å². The molecule has 0 saturated heterocycles. The molecule has 8 nitrogen and oxygen atoms in total. The molecular formula is C21H26N4O4. The highest BCUT2D eigenvalue weighted by Gasteiger charge is 2.18. The lowest BCUT2D eigenvalue weighted by Gasteiger charge is -2.25. The molecule has 0 spiro atoms. The number of carboxylic acid groups (broad SMARTS) is 1. The molecule has 0 aliphatic rings. The summed E-state index contributed by atoms with van der Waals surface area (Å²) in [7, 11) is 1.54. The first-order valence-corrected chi connectivity index (χ1v) is 9.18. The number of amides is 3. The monoisotopic (exact) mass is 398 g/mol. The van der Waals surface area contributed by atoms with E-state index < -0.39 is 23.8 Å². The smallest absolute Gasteiger partial charge is 0.321 e. The second-order valence-corrected chi connectivity index (χ2v) is 6.91. The van der Waals surface area contributed by atoms with Gasteiger partial charge in [-0.1, -0.05) is 43.3 Å². The van der Waals surface area contributed by atoms with Gasteiger partial charge in [0.25, 0.3) is 0 Å². The number of aliphatic carboxylic acids is 1. The van der Waals surface area contributed by atoms with Crippen LogP contribution in [0.3, 0.4) is 0 Å². The molecule has 154 valence electrons. The molecule has 3 amide bonds. The molecule has 0 bridgehead atoms. The number of primary amides is 1. The Hall–Kier alpha value is -3.55. The summed E-state index contributed by atoms with van der Waals surface area (Å²) in [5.74, 6) is -2.10. The molecule has 0 radical (unpaired) electrons. The van der Waals surface area contributed by atoms with E-state index in [1.807, 2.05) is 41.3 Å². The number of benzene rings is 2. The number of rotatable bonds is 9. The van der Waals surface area contributed by atoms with Crippen molar-refractivity contribution >= 4 is 29.3 Å². The number of hydrogen-bond donors (Lipinski definition) is 3. The van der Waals surface area contributed by atoms with Crippen molar-refractivity contribution < 1.29 is 19.5 Å². The second kappa shape index (κ2) is 10.1. The van der Waals surface area contributed by atoms with Gasteiger partial charge in [0, 0.05) is 31.5 Å². The van der Waals surface area contributed by atoms with Gasteiger partial charge in [-0.15, -0.1) is 0 Å². The summed E-state index contributed by atoms with van der Waals surface area (Å²) in [4.78, 5) is 38.0. The summed E-state index contributed by atoms with van der Waals surface area (Å²) in [5.41, 5.74) is 7.69. The highest BCUT2D eigenvalue weighted by Crippen LogP contribution is 2.22. The fourth-order valence-corrected chi connectivity index (χ4v) is 2.80. The van der Waals surface area contributed by atoms with E-state index in [4.69, 9.17) is 10.8 Å². The Bertz CT molecular complexity index is 857. The van der Waals surface area contributed by atoms with E-state index in [1.54, 1.807) is 18.2 Å². The summed E-state index contributed by atoms with van der Waals surface area (Å²) in [6.07, 6.45) is 0. The van der Waals surface area contributed by atoms with Gasteiger partial charge in [0.15, 0.2) is 0 Å². The number of hydrogen-bond acceptors (Lipinski definition) is 4. The van der Waals surface area contributed by atoms with Crippen LogP contribution in [-0.2, 0) is 16.1 Å². The molecule has 4 N–H and O–H groups in total. The summed E-state index contributed by atoms with van der Waals surface area (Å²) in [5, 5.41) is 11.7. The first-order chi connectivity index (χ1) is 13.8. The van der Waals surface area contributed by atoms with Gasteiger partial charge in [0.2, 0.25) is 5.91 Å². The number of nitrogens with one attached hydrogen (secondary N) is 1. The van der Waals surface area contributed by atoms with Gasteiger partial charge in [0.1, 0.15) is 0 Å². The molecule has 29 heavy (non-hydrogen) atoms. The minimum atomic E-state index is -0.963. The zero-order chi connectivity index (χ0) is 21.4. The quantitative estimate of drug-likeness (QED) is 0.600. The summed E-state index contributed by atoms with van der Waals surface area (Å²) in [6, 6.07) is 16.3. The lowest BCUT2D eigenvalue weighted by Crippen LogP contribution is -2.36. The Labute approximate surface area is 169 Å². The van der Waals surface area contributed by atoms with Crippen LogP contribution in [0.25, 0.3) is 0 Å². The Balaban J connectivity index is 2.13. The van der Waals surface area contributed by atoms with Crippen LogP contribution in [0.2, 0.25) is 0 Å². The summed E-state index contributed by atoms with van der Waals surface area (Å²) >= 11 is 0. The zero-order valence-corrected chi connectivity index (χ0v) is 16.5. The molecule has 0 aromatic heterocycles. The molecule has 2 aromatic rings. The van der Waals surface area contributed by atoms with Crippen LogP contribution >= 0.6 is 0 Å². The van der Waals surface area contributed by atoms with Gasteiger partial charge < -0.3 is 26.0 Å². The summed E-state index contributed by atoms with van der Waals surface area (Å²) in [6.45, 7) is 2.14. The largest absolute Gasteiger partial charge is 0.481 e. The van der Waals surface area contributed by atoms with Crippen molar-refractivity contribution in [3.05, 3.63) is 60.2 Å². The van der Waals surface area contributed by atoms with Crippen molar-refractivity contribution in [1.82, 2.24) is 4.90 Å². The second-order valence-electron chi connectivity index (χ2n) is 6.91. The molecule has 0 aliphatic carbocycles. The number of nitrogens with zero attached hydrogens (tertiary/aromatic N) is 2. The lowest BCUT2D eigenvalue weighted by atomic mass is 10.2. The van der Waals surface area contributed by atoms with Crippen LogP contribution < -0.4 is 16.0 Å². The highest BCUT2D eigenvalue weighted by molar-refractivity contribution is 5.90. The number of carboxylic acids is 1.